The second-order valence-corrected chi connectivity index (χ2v) is 9.52. The van der Waals surface area contributed by atoms with Crippen LogP contribution in [-0.2, 0) is 10.0 Å². The number of piperidine rings is 1. The third-order valence-corrected chi connectivity index (χ3v) is 6.54. The third kappa shape index (κ3) is 4.63. The van der Waals surface area contributed by atoms with E-state index < -0.39 is 10.0 Å². The highest BCUT2D eigenvalue weighted by Gasteiger charge is 2.26. The van der Waals surface area contributed by atoms with Gasteiger partial charge in [0.05, 0.1) is 17.6 Å². The summed E-state index contributed by atoms with van der Waals surface area (Å²) >= 11 is 6.04. The van der Waals surface area contributed by atoms with Crippen LogP contribution >= 0.6 is 11.6 Å². The van der Waals surface area contributed by atoms with Gasteiger partial charge >= 0.3 is 0 Å². The van der Waals surface area contributed by atoms with Gasteiger partial charge in [0.2, 0.25) is 15.9 Å². The van der Waals surface area contributed by atoms with Crippen molar-refractivity contribution in [2.24, 2.45) is 0 Å². The lowest BCUT2D eigenvalue weighted by Gasteiger charge is -2.29. The van der Waals surface area contributed by atoms with Crippen molar-refractivity contribution in [3.05, 3.63) is 65.7 Å². The zero-order valence-electron chi connectivity index (χ0n) is 16.0. The molecule has 1 aliphatic heterocycles. The van der Waals surface area contributed by atoms with E-state index in [-0.39, 0.29) is 6.10 Å². The van der Waals surface area contributed by atoms with Gasteiger partial charge in [-0.05, 0) is 37.1 Å². The number of nitrogens with zero attached hydrogens (tertiary/aromatic N) is 3. The number of benzene rings is 2. The van der Waals surface area contributed by atoms with Gasteiger partial charge in [-0.25, -0.2) is 17.4 Å². The van der Waals surface area contributed by atoms with Crippen molar-refractivity contribution >= 4 is 21.6 Å². The molecule has 0 atom stereocenters. The van der Waals surface area contributed by atoms with Crippen molar-refractivity contribution in [2.45, 2.75) is 18.9 Å². The maximum absolute atomic E-state index is 11.7. The summed E-state index contributed by atoms with van der Waals surface area (Å²) in [6, 6.07) is 19.4. The molecule has 1 aromatic heterocycles. The molecule has 1 aliphatic rings. The Morgan fingerprint density at radius 3 is 2.31 bits per heavy atom. The molecule has 0 amide bonds. The van der Waals surface area contributed by atoms with Gasteiger partial charge < -0.3 is 4.74 Å². The number of aromatic nitrogens is 2. The summed E-state index contributed by atoms with van der Waals surface area (Å²) in [5, 5.41) is 5.35. The summed E-state index contributed by atoms with van der Waals surface area (Å²) in [4.78, 5) is 0. The van der Waals surface area contributed by atoms with Crippen LogP contribution in [-0.4, -0.2) is 48.0 Å². The summed E-state index contributed by atoms with van der Waals surface area (Å²) < 4.78 is 32.9. The van der Waals surface area contributed by atoms with Crippen LogP contribution in [0.5, 0.6) is 5.88 Å². The average Bonchev–Trinajstić information content (AvgIpc) is 3.13. The maximum atomic E-state index is 11.7. The molecule has 2 heterocycles. The Bertz CT molecular complexity index is 1070. The first-order valence-corrected chi connectivity index (χ1v) is 11.7. The average molecular weight is 432 g/mol. The second-order valence-electron chi connectivity index (χ2n) is 7.10. The molecule has 0 bridgehead atoms. The minimum absolute atomic E-state index is 0.0646. The molecule has 0 spiro atoms. The van der Waals surface area contributed by atoms with Gasteiger partial charge in [-0.3, -0.25) is 0 Å². The lowest BCUT2D eigenvalue weighted by Crippen LogP contribution is -2.41. The van der Waals surface area contributed by atoms with Crippen LogP contribution in [0.3, 0.4) is 0 Å². The van der Waals surface area contributed by atoms with Gasteiger partial charge in [0.15, 0.2) is 0 Å². The molecule has 1 fully saturated rings. The topological polar surface area (TPSA) is 64.4 Å². The molecule has 2 aromatic carbocycles. The molecule has 4 rings (SSSR count). The fourth-order valence-electron chi connectivity index (χ4n) is 3.46. The standard InChI is InChI=1S/C21H22ClN3O3S/c1-29(26,27)24-13-11-19(12-14-24)28-21-15-20(16-7-9-17(22)10-8-16)25(23-21)18-5-3-2-4-6-18/h2-10,15,19H,11-14H2,1H3. The summed E-state index contributed by atoms with van der Waals surface area (Å²) in [5.74, 6) is 0.525. The van der Waals surface area contributed by atoms with Gasteiger partial charge in [-0.1, -0.05) is 41.9 Å². The maximum Gasteiger partial charge on any atom is 0.234 e. The Morgan fingerprint density at radius 2 is 1.69 bits per heavy atom. The first kappa shape index (κ1) is 19.9. The van der Waals surface area contributed by atoms with Crippen LogP contribution in [0.1, 0.15) is 12.8 Å². The highest BCUT2D eigenvalue weighted by atomic mass is 35.5. The summed E-state index contributed by atoms with van der Waals surface area (Å²) in [7, 11) is -3.15. The molecule has 0 saturated carbocycles. The normalized spacial score (nSPS) is 16.1. The Kier molecular flexibility index (Phi) is 5.63. The lowest BCUT2D eigenvalue weighted by molar-refractivity contribution is 0.129. The molecule has 6 nitrogen and oxygen atoms in total. The minimum Gasteiger partial charge on any atom is -0.473 e. The summed E-state index contributed by atoms with van der Waals surface area (Å²) in [6.07, 6.45) is 2.46. The Labute approximate surface area is 175 Å². The largest absolute Gasteiger partial charge is 0.473 e. The van der Waals surface area contributed by atoms with E-state index >= 15 is 0 Å². The first-order valence-electron chi connectivity index (χ1n) is 9.43. The van der Waals surface area contributed by atoms with Gasteiger partial charge in [0, 0.05) is 29.7 Å². The first-order chi connectivity index (χ1) is 13.9. The monoisotopic (exact) mass is 431 g/mol. The van der Waals surface area contributed by atoms with Crippen molar-refractivity contribution in [3.63, 3.8) is 0 Å². The van der Waals surface area contributed by atoms with Crippen molar-refractivity contribution in [3.8, 4) is 22.8 Å². The number of halogens is 1. The van der Waals surface area contributed by atoms with Gasteiger partial charge in [0.25, 0.3) is 0 Å². The van der Waals surface area contributed by atoms with Crippen molar-refractivity contribution in [1.82, 2.24) is 14.1 Å². The number of para-hydroxylation sites is 1. The molecule has 152 valence electrons. The molecular formula is C21H22ClN3O3S. The van der Waals surface area contributed by atoms with Crippen LogP contribution in [0.2, 0.25) is 5.02 Å². The van der Waals surface area contributed by atoms with E-state index in [0.29, 0.717) is 36.8 Å². The zero-order valence-corrected chi connectivity index (χ0v) is 17.6. The van der Waals surface area contributed by atoms with Crippen LogP contribution in [0.15, 0.2) is 60.7 Å². The Balaban J connectivity index is 1.59. The molecule has 29 heavy (non-hydrogen) atoms. The molecule has 0 N–H and O–H groups in total. The van der Waals surface area contributed by atoms with E-state index in [1.54, 1.807) is 0 Å². The van der Waals surface area contributed by atoms with Crippen molar-refractivity contribution < 1.29 is 13.2 Å². The van der Waals surface area contributed by atoms with E-state index in [4.69, 9.17) is 16.3 Å². The van der Waals surface area contributed by atoms with Gasteiger partial charge in [-0.15, -0.1) is 5.10 Å². The SMILES string of the molecule is CS(=O)(=O)N1CCC(Oc2cc(-c3ccc(Cl)cc3)n(-c3ccccc3)n2)CC1. The summed E-state index contributed by atoms with van der Waals surface area (Å²) in [5.41, 5.74) is 2.81. The third-order valence-electron chi connectivity index (χ3n) is 4.99. The van der Waals surface area contributed by atoms with E-state index in [2.05, 4.69) is 5.10 Å². The van der Waals surface area contributed by atoms with Crippen LogP contribution in [0, 0.1) is 0 Å². The molecule has 0 radical (unpaired) electrons. The number of sulfonamides is 1. The van der Waals surface area contributed by atoms with E-state index in [1.165, 1.54) is 10.6 Å². The van der Waals surface area contributed by atoms with Crippen molar-refractivity contribution in [1.29, 1.82) is 0 Å². The number of ether oxygens (including phenoxy) is 1. The molecule has 8 heteroatoms. The van der Waals surface area contributed by atoms with Gasteiger partial charge in [-0.2, -0.15) is 0 Å². The van der Waals surface area contributed by atoms with Crippen LogP contribution in [0.25, 0.3) is 16.9 Å². The Hall–Kier alpha value is -2.35. The molecular weight excluding hydrogens is 410 g/mol. The quantitative estimate of drug-likeness (QED) is 0.612. The highest BCUT2D eigenvalue weighted by molar-refractivity contribution is 7.88. The van der Waals surface area contributed by atoms with Gasteiger partial charge in [0.1, 0.15) is 6.10 Å². The molecule has 0 unspecified atom stereocenters. The number of hydrogen-bond acceptors (Lipinski definition) is 4. The fraction of sp³-hybridized carbons (Fsp3) is 0.286. The van der Waals surface area contributed by atoms with E-state index in [9.17, 15) is 8.42 Å². The van der Waals surface area contributed by atoms with E-state index in [0.717, 1.165) is 16.9 Å². The predicted molar refractivity (Wildman–Crippen MR) is 114 cm³/mol. The van der Waals surface area contributed by atoms with Crippen LogP contribution < -0.4 is 4.74 Å². The van der Waals surface area contributed by atoms with Crippen LogP contribution in [0.4, 0.5) is 0 Å². The van der Waals surface area contributed by atoms with Crippen molar-refractivity contribution in [2.75, 3.05) is 19.3 Å². The Morgan fingerprint density at radius 1 is 1.03 bits per heavy atom. The molecule has 1 saturated heterocycles. The van der Waals surface area contributed by atoms with E-state index in [1.807, 2.05) is 65.3 Å². The second kappa shape index (κ2) is 8.18. The predicted octanol–water partition coefficient (Wildman–Crippen LogP) is 4.00. The fourth-order valence-corrected chi connectivity index (χ4v) is 4.46. The highest BCUT2D eigenvalue weighted by Crippen LogP contribution is 2.29. The lowest BCUT2D eigenvalue weighted by atomic mass is 10.1. The smallest absolute Gasteiger partial charge is 0.234 e. The molecule has 3 aromatic rings. The zero-order chi connectivity index (χ0) is 20.4. The number of rotatable bonds is 5. The minimum atomic E-state index is -3.15. The number of hydrogen-bond donors (Lipinski definition) is 0. The summed E-state index contributed by atoms with van der Waals surface area (Å²) in [6.45, 7) is 0.930. The molecule has 0 aliphatic carbocycles.